The van der Waals surface area contributed by atoms with Crippen molar-refractivity contribution in [2.75, 3.05) is 0 Å². The topological polar surface area (TPSA) is 145 Å². The molecule has 2 aromatic rings. The Kier molecular flexibility index (Phi) is 18.4. The van der Waals surface area contributed by atoms with Gasteiger partial charge in [0.25, 0.3) is 0 Å². The molecule has 0 amide bonds. The molecule has 2 N–H and O–H groups in total. The molecule has 1 fully saturated rings. The van der Waals surface area contributed by atoms with E-state index in [1.54, 1.807) is 0 Å². The van der Waals surface area contributed by atoms with Crippen LogP contribution in [0.25, 0.3) is 0 Å². The molecule has 4 unspecified atom stereocenters. The van der Waals surface area contributed by atoms with E-state index >= 15 is 0 Å². The average molecular weight is 640 g/mol. The fourth-order valence-corrected chi connectivity index (χ4v) is 4.70. The third-order valence-electron chi connectivity index (χ3n) is 7.57. The van der Waals surface area contributed by atoms with Gasteiger partial charge in [0, 0.05) is 35.5 Å². The molecule has 1 saturated carbocycles. The Morgan fingerprint density at radius 1 is 0.791 bits per heavy atom. The van der Waals surface area contributed by atoms with Crippen LogP contribution in [0.1, 0.15) is 125 Å². The number of carbonyl (C=O) groups excluding carboxylic acids is 2. The summed E-state index contributed by atoms with van der Waals surface area (Å²) in [5.74, 6) is -0.649. The molecule has 0 spiro atoms. The zero-order valence-corrected chi connectivity index (χ0v) is 27.8. The summed E-state index contributed by atoms with van der Waals surface area (Å²) in [6.07, 6.45) is 10.1. The van der Waals surface area contributed by atoms with Gasteiger partial charge in [0.1, 0.15) is 11.5 Å². The first-order valence-electron chi connectivity index (χ1n) is 14.8. The van der Waals surface area contributed by atoms with Crippen LogP contribution < -0.4 is 10.2 Å². The molecule has 3 rings (SSSR count). The molecule has 1 aliphatic carbocycles. The molecule has 0 aromatic heterocycles. The maximum atomic E-state index is 10.6. The zero-order valence-electron chi connectivity index (χ0n) is 26.8. The number of aromatic hydroxyl groups is 2. The summed E-state index contributed by atoms with van der Waals surface area (Å²) in [6.45, 7) is 14.6. The van der Waals surface area contributed by atoms with E-state index < -0.39 is 11.9 Å². The van der Waals surface area contributed by atoms with Crippen LogP contribution in [-0.4, -0.2) is 46.7 Å². The molecule has 8 nitrogen and oxygen atoms in total. The fraction of sp³-hybridized carbons (Fsp3) is 0.529. The van der Waals surface area contributed by atoms with E-state index in [2.05, 4.69) is 52.0 Å². The Balaban J connectivity index is 0.00000174. The minimum atomic E-state index is -1.08. The number of hydrogen-bond acceptors (Lipinski definition) is 8. The first-order valence-corrected chi connectivity index (χ1v) is 14.8. The fourth-order valence-electron chi connectivity index (χ4n) is 4.70. The van der Waals surface area contributed by atoms with Gasteiger partial charge in [0.2, 0.25) is 0 Å². The smallest absolute Gasteiger partial charge is 0.550 e. The maximum Gasteiger partial charge on any atom is 2.00 e. The van der Waals surface area contributed by atoms with Crippen molar-refractivity contribution in [3.8, 4) is 11.5 Å². The van der Waals surface area contributed by atoms with E-state index in [0.717, 1.165) is 74.6 Å². The third kappa shape index (κ3) is 13.8. The van der Waals surface area contributed by atoms with E-state index in [0.29, 0.717) is 23.3 Å². The Labute approximate surface area is 267 Å². The van der Waals surface area contributed by atoms with E-state index in [-0.39, 0.29) is 28.9 Å². The van der Waals surface area contributed by atoms with Crippen LogP contribution >= 0.6 is 0 Å². The van der Waals surface area contributed by atoms with Crippen molar-refractivity contribution in [1.29, 1.82) is 0 Å². The van der Waals surface area contributed by atoms with Crippen LogP contribution in [0.2, 0.25) is 0 Å². The molecule has 1 radical (unpaired) electrons. The van der Waals surface area contributed by atoms with Crippen molar-refractivity contribution < 1.29 is 46.8 Å². The van der Waals surface area contributed by atoms with Gasteiger partial charge in [0.15, 0.2) is 0 Å². The standard InChI is InChI=1S/C30H42N2O2.2C2H4O2.Co/c1-7-19(3)23-13-21(5)29(33)25(15-23)17-31-27-11-9-10-12-28(27)32-18-26-16-24(20(4)8-2)14-22(6)30(26)34;2*1-2(3)4;/h13-20,27-28,33-34H,7-12H2,1-6H3;2*1H3,(H,3,4);/q;;;+2/p-2. The Morgan fingerprint density at radius 3 is 1.37 bits per heavy atom. The second-order valence-corrected chi connectivity index (χ2v) is 11.1. The van der Waals surface area contributed by atoms with Gasteiger partial charge in [-0.25, -0.2) is 0 Å². The molecule has 2 aromatic carbocycles. The second-order valence-electron chi connectivity index (χ2n) is 11.1. The average Bonchev–Trinajstić information content (AvgIpc) is 2.93. The third-order valence-corrected chi connectivity index (χ3v) is 7.57. The van der Waals surface area contributed by atoms with Crippen LogP contribution in [0.4, 0.5) is 0 Å². The number of carboxylic acids is 2. The first-order chi connectivity index (χ1) is 19.7. The molecule has 4 atom stereocenters. The first kappa shape index (κ1) is 39.8. The number of aliphatic carboxylic acids is 2. The van der Waals surface area contributed by atoms with Crippen LogP contribution in [0.5, 0.6) is 11.5 Å². The van der Waals surface area contributed by atoms with Crippen LogP contribution in [0.3, 0.4) is 0 Å². The SMILES string of the molecule is CC(=O)[O-].CC(=O)[O-].CCC(C)c1cc(C)c(O)c(C=NC2CCCCC2N=Cc2cc(C(C)CC)cc(C)c2O)c1.[Co+2]. The minimum Gasteiger partial charge on any atom is -0.550 e. The van der Waals surface area contributed by atoms with Crippen molar-refractivity contribution in [2.24, 2.45) is 9.98 Å². The van der Waals surface area contributed by atoms with Crippen molar-refractivity contribution in [2.45, 2.75) is 118 Å². The van der Waals surface area contributed by atoms with Crippen molar-refractivity contribution in [3.63, 3.8) is 0 Å². The van der Waals surface area contributed by atoms with Crippen molar-refractivity contribution in [3.05, 3.63) is 57.6 Å². The second kappa shape index (κ2) is 19.9. The molecule has 43 heavy (non-hydrogen) atoms. The zero-order chi connectivity index (χ0) is 32.0. The van der Waals surface area contributed by atoms with Gasteiger partial charge < -0.3 is 30.0 Å². The van der Waals surface area contributed by atoms with E-state index in [9.17, 15) is 10.2 Å². The van der Waals surface area contributed by atoms with Crippen LogP contribution in [-0.2, 0) is 26.4 Å². The molecule has 0 saturated heterocycles. The number of carbonyl (C=O) groups is 2. The predicted octanol–water partition coefficient (Wildman–Crippen LogP) is 5.10. The Bertz CT molecular complexity index is 1140. The minimum absolute atomic E-state index is 0. The number of phenolic OH excluding ortho intramolecular Hbond substituents is 2. The van der Waals surface area contributed by atoms with Crippen LogP contribution in [0, 0.1) is 13.8 Å². The largest absolute Gasteiger partial charge is 2.00 e. The summed E-state index contributed by atoms with van der Waals surface area (Å²) in [5, 5.41) is 39.0. The quantitative estimate of drug-likeness (QED) is 0.385. The number of hydrogen-bond donors (Lipinski definition) is 2. The Hall–Kier alpha value is -3.17. The van der Waals surface area contributed by atoms with E-state index in [1.165, 1.54) is 11.1 Å². The van der Waals surface area contributed by atoms with Gasteiger partial charge in [-0.05, 0) is 99.6 Å². The Morgan fingerprint density at radius 2 is 1.09 bits per heavy atom. The number of phenols is 2. The van der Waals surface area contributed by atoms with Gasteiger partial charge in [-0.2, -0.15) is 0 Å². The molecular weight excluding hydrogens is 591 g/mol. The van der Waals surface area contributed by atoms with Gasteiger partial charge in [-0.15, -0.1) is 0 Å². The molecule has 0 bridgehead atoms. The number of aliphatic imine (C=N–C) groups is 2. The van der Waals surface area contributed by atoms with Gasteiger partial charge >= 0.3 is 16.8 Å². The number of aryl methyl sites for hydroxylation is 2. The number of nitrogens with zero attached hydrogens (tertiary/aromatic N) is 2. The summed E-state index contributed by atoms with van der Waals surface area (Å²) in [5.41, 5.74) is 5.85. The molecule has 0 aliphatic heterocycles. The van der Waals surface area contributed by atoms with Gasteiger partial charge in [-0.3, -0.25) is 9.98 Å². The van der Waals surface area contributed by atoms with Crippen molar-refractivity contribution in [1.82, 2.24) is 0 Å². The van der Waals surface area contributed by atoms with E-state index in [4.69, 9.17) is 29.8 Å². The monoisotopic (exact) mass is 639 g/mol. The van der Waals surface area contributed by atoms with Gasteiger partial charge in [0.05, 0.1) is 12.1 Å². The summed E-state index contributed by atoms with van der Waals surface area (Å²) in [4.78, 5) is 27.6. The molecule has 1 aliphatic rings. The maximum absolute atomic E-state index is 10.6. The summed E-state index contributed by atoms with van der Waals surface area (Å²) < 4.78 is 0. The van der Waals surface area contributed by atoms with E-state index in [1.807, 2.05) is 26.3 Å². The number of carboxylic acid groups (broad SMARTS) is 2. The summed E-state index contributed by atoms with van der Waals surface area (Å²) in [6, 6.07) is 8.47. The molecule has 239 valence electrons. The molecular formula is C34H48CoN2O6. The number of benzene rings is 2. The van der Waals surface area contributed by atoms with Crippen molar-refractivity contribution >= 4 is 24.4 Å². The summed E-state index contributed by atoms with van der Waals surface area (Å²) in [7, 11) is 0. The van der Waals surface area contributed by atoms with Gasteiger partial charge in [-0.1, -0.05) is 52.7 Å². The predicted molar refractivity (Wildman–Crippen MR) is 166 cm³/mol. The molecule has 0 heterocycles. The molecule has 9 heteroatoms. The summed E-state index contributed by atoms with van der Waals surface area (Å²) >= 11 is 0. The van der Waals surface area contributed by atoms with Crippen LogP contribution in [0.15, 0.2) is 34.3 Å². The normalized spacial score (nSPS) is 17.6. The number of rotatable bonds is 8.